The van der Waals surface area contributed by atoms with E-state index in [2.05, 4.69) is 60.3 Å². The van der Waals surface area contributed by atoms with Crippen molar-refractivity contribution in [3.05, 3.63) is 102 Å². The van der Waals surface area contributed by atoms with Crippen LogP contribution in [-0.2, 0) is 0 Å². The predicted octanol–water partition coefficient (Wildman–Crippen LogP) is 7.09. The molecule has 0 saturated heterocycles. The first-order chi connectivity index (χ1) is 18.3. The highest BCUT2D eigenvalue weighted by molar-refractivity contribution is 7.99. The Morgan fingerprint density at radius 2 is 1.66 bits per heavy atom. The van der Waals surface area contributed by atoms with Crippen LogP contribution in [0.4, 0.5) is 17.1 Å². The normalized spacial score (nSPS) is 11.7. The van der Waals surface area contributed by atoms with Crippen molar-refractivity contribution in [2.45, 2.75) is 16.2 Å². The Balaban J connectivity index is 0.000000181. The molecule has 38 heavy (non-hydrogen) atoms. The van der Waals surface area contributed by atoms with Crippen molar-refractivity contribution in [1.82, 2.24) is 4.90 Å². The number of esters is 1. The van der Waals surface area contributed by atoms with Gasteiger partial charge in [0.25, 0.3) is 0 Å². The maximum absolute atomic E-state index is 11.7. The van der Waals surface area contributed by atoms with Crippen LogP contribution < -0.4 is 15.4 Å². The Bertz CT molecular complexity index is 1400. The average molecular weight is 548 g/mol. The van der Waals surface area contributed by atoms with E-state index < -0.39 is 5.97 Å². The van der Waals surface area contributed by atoms with Crippen molar-refractivity contribution in [3.63, 3.8) is 0 Å². The highest BCUT2D eigenvalue weighted by atomic mass is 35.5. The Hall–Kier alpha value is -3.65. The SMILES string of the molecule is CN(C)CCCN1c2ccccc2Sc2ccc(Cl)cc21.Nc1ccc(C(=O)Oc2ccccc2)c(O)c1. The zero-order valence-electron chi connectivity index (χ0n) is 21.3. The molecule has 4 aromatic rings. The lowest BCUT2D eigenvalue weighted by atomic mass is 10.2. The molecule has 6 nitrogen and oxygen atoms in total. The fourth-order valence-electron chi connectivity index (χ4n) is 3.96. The van der Waals surface area contributed by atoms with Gasteiger partial charge < -0.3 is 25.4 Å². The number of para-hydroxylation sites is 2. The highest BCUT2D eigenvalue weighted by Gasteiger charge is 2.23. The Labute approximate surface area is 232 Å². The van der Waals surface area contributed by atoms with Gasteiger partial charge in [-0.15, -0.1) is 0 Å². The summed E-state index contributed by atoms with van der Waals surface area (Å²) in [7, 11) is 4.23. The number of benzene rings is 4. The van der Waals surface area contributed by atoms with E-state index in [0.717, 1.165) is 24.5 Å². The van der Waals surface area contributed by atoms with Crippen LogP contribution in [0.5, 0.6) is 11.5 Å². The number of anilines is 3. The predicted molar refractivity (Wildman–Crippen MR) is 156 cm³/mol. The second-order valence-corrected chi connectivity index (χ2v) is 10.5. The van der Waals surface area contributed by atoms with Gasteiger partial charge in [-0.3, -0.25) is 0 Å². The van der Waals surface area contributed by atoms with E-state index in [-0.39, 0.29) is 11.3 Å². The Morgan fingerprint density at radius 1 is 0.947 bits per heavy atom. The minimum atomic E-state index is -0.617. The molecule has 0 aromatic heterocycles. The molecule has 0 aliphatic carbocycles. The molecule has 5 rings (SSSR count). The largest absolute Gasteiger partial charge is 0.507 e. The minimum Gasteiger partial charge on any atom is -0.507 e. The van der Waals surface area contributed by atoms with Crippen molar-refractivity contribution < 1.29 is 14.6 Å². The van der Waals surface area contributed by atoms with Crippen LogP contribution in [0.1, 0.15) is 16.8 Å². The van der Waals surface area contributed by atoms with Crippen LogP contribution in [0, 0.1) is 0 Å². The van der Waals surface area contributed by atoms with Gasteiger partial charge in [-0.05, 0) is 81.7 Å². The zero-order valence-corrected chi connectivity index (χ0v) is 22.9. The lowest BCUT2D eigenvalue weighted by molar-refractivity contribution is 0.0731. The molecule has 0 unspecified atom stereocenters. The van der Waals surface area contributed by atoms with Gasteiger partial charge in [0.1, 0.15) is 17.1 Å². The second kappa shape index (κ2) is 12.7. The van der Waals surface area contributed by atoms with Gasteiger partial charge in [0, 0.05) is 33.1 Å². The topological polar surface area (TPSA) is 79.0 Å². The molecule has 0 bridgehead atoms. The van der Waals surface area contributed by atoms with E-state index in [4.69, 9.17) is 22.1 Å². The summed E-state index contributed by atoms with van der Waals surface area (Å²) in [6.07, 6.45) is 1.12. The fraction of sp³-hybridized carbons (Fsp3) is 0.167. The number of nitrogens with two attached hydrogens (primary N) is 1. The van der Waals surface area contributed by atoms with Gasteiger partial charge in [-0.1, -0.05) is 53.7 Å². The number of rotatable bonds is 6. The van der Waals surface area contributed by atoms with E-state index in [1.807, 2.05) is 23.9 Å². The standard InChI is InChI=1S/C17H19ClN2S.C13H11NO3/c1-19(2)10-5-11-20-14-6-3-4-7-16(14)21-17-9-8-13(18)12-15(17)20;14-9-6-7-11(12(15)8-9)13(16)17-10-4-2-1-3-5-10/h3-4,6-9,12H,5,10-11H2,1-2H3;1-8,15H,14H2. The smallest absolute Gasteiger partial charge is 0.347 e. The second-order valence-electron chi connectivity index (χ2n) is 8.97. The molecule has 1 aliphatic rings. The van der Waals surface area contributed by atoms with Crippen LogP contribution in [0.15, 0.2) is 101 Å². The molecule has 0 fully saturated rings. The van der Waals surface area contributed by atoms with Gasteiger partial charge in [-0.25, -0.2) is 4.79 Å². The highest BCUT2D eigenvalue weighted by Crippen LogP contribution is 2.48. The van der Waals surface area contributed by atoms with Crippen LogP contribution in [-0.4, -0.2) is 43.2 Å². The summed E-state index contributed by atoms with van der Waals surface area (Å²) < 4.78 is 5.08. The number of hydrogen-bond donors (Lipinski definition) is 2. The third-order valence-electron chi connectivity index (χ3n) is 5.77. The summed E-state index contributed by atoms with van der Waals surface area (Å²) in [4.78, 5) is 18.9. The van der Waals surface area contributed by atoms with Gasteiger partial charge in [0.2, 0.25) is 0 Å². The molecular formula is C30H30ClN3O3S. The number of halogens is 1. The molecule has 1 aliphatic heterocycles. The number of phenolic OH excluding ortho intramolecular Hbond substituents is 1. The molecule has 4 aromatic carbocycles. The fourth-order valence-corrected chi connectivity index (χ4v) is 5.20. The molecule has 196 valence electrons. The summed E-state index contributed by atoms with van der Waals surface area (Å²) in [5, 5.41) is 10.4. The third kappa shape index (κ3) is 7.01. The molecule has 1 heterocycles. The van der Waals surface area contributed by atoms with E-state index in [0.29, 0.717) is 11.4 Å². The van der Waals surface area contributed by atoms with Gasteiger partial charge >= 0.3 is 5.97 Å². The first-order valence-electron chi connectivity index (χ1n) is 12.2. The number of ether oxygens (including phenoxy) is 1. The summed E-state index contributed by atoms with van der Waals surface area (Å²) in [6, 6.07) is 27.7. The molecule has 0 radical (unpaired) electrons. The summed E-state index contributed by atoms with van der Waals surface area (Å²) in [5.41, 5.74) is 8.46. The quantitative estimate of drug-likeness (QED) is 0.151. The molecule has 0 saturated carbocycles. The number of nitrogens with zero attached hydrogens (tertiary/aromatic N) is 2. The Kier molecular flexibility index (Phi) is 9.18. The number of carbonyl (C=O) groups excluding carboxylic acids is 1. The first kappa shape index (κ1) is 27.4. The Morgan fingerprint density at radius 3 is 2.39 bits per heavy atom. The number of phenols is 1. The van der Waals surface area contributed by atoms with Gasteiger partial charge in [-0.2, -0.15) is 0 Å². The van der Waals surface area contributed by atoms with E-state index in [1.165, 1.54) is 39.4 Å². The number of carbonyl (C=O) groups is 1. The molecular weight excluding hydrogens is 518 g/mol. The van der Waals surface area contributed by atoms with E-state index in [9.17, 15) is 9.90 Å². The van der Waals surface area contributed by atoms with Crippen LogP contribution in [0.2, 0.25) is 5.02 Å². The van der Waals surface area contributed by atoms with E-state index >= 15 is 0 Å². The molecule has 0 spiro atoms. The number of hydrogen-bond acceptors (Lipinski definition) is 7. The lowest BCUT2D eigenvalue weighted by Gasteiger charge is -2.33. The monoisotopic (exact) mass is 547 g/mol. The van der Waals surface area contributed by atoms with Crippen molar-refractivity contribution in [2.24, 2.45) is 0 Å². The maximum atomic E-state index is 11.7. The third-order valence-corrected chi connectivity index (χ3v) is 7.14. The van der Waals surface area contributed by atoms with Crippen molar-refractivity contribution in [2.75, 3.05) is 37.8 Å². The molecule has 0 amide bonds. The maximum Gasteiger partial charge on any atom is 0.347 e. The lowest BCUT2D eigenvalue weighted by Crippen LogP contribution is -2.25. The number of nitrogen functional groups attached to an aromatic ring is 1. The molecule has 8 heteroatoms. The summed E-state index contributed by atoms with van der Waals surface area (Å²) in [5.74, 6) is -0.381. The average Bonchev–Trinajstić information content (AvgIpc) is 2.89. The summed E-state index contributed by atoms with van der Waals surface area (Å²) in [6.45, 7) is 2.09. The minimum absolute atomic E-state index is 0.0862. The summed E-state index contributed by atoms with van der Waals surface area (Å²) >= 11 is 8.03. The van der Waals surface area contributed by atoms with Gasteiger partial charge in [0.05, 0.1) is 11.4 Å². The molecule has 0 atom stereocenters. The zero-order chi connectivity index (χ0) is 27.1. The number of fused-ring (bicyclic) bond motifs is 2. The van der Waals surface area contributed by atoms with Crippen LogP contribution >= 0.6 is 23.4 Å². The van der Waals surface area contributed by atoms with Crippen LogP contribution in [0.3, 0.4) is 0 Å². The van der Waals surface area contributed by atoms with Crippen molar-refractivity contribution >= 4 is 46.4 Å². The van der Waals surface area contributed by atoms with Crippen molar-refractivity contribution in [1.29, 1.82) is 0 Å². The van der Waals surface area contributed by atoms with Crippen molar-refractivity contribution in [3.8, 4) is 11.5 Å². The number of aromatic hydroxyl groups is 1. The van der Waals surface area contributed by atoms with Crippen LogP contribution in [0.25, 0.3) is 0 Å². The molecule has 3 N–H and O–H groups in total. The van der Waals surface area contributed by atoms with Gasteiger partial charge in [0.15, 0.2) is 0 Å². The van der Waals surface area contributed by atoms with E-state index in [1.54, 1.807) is 24.3 Å². The first-order valence-corrected chi connectivity index (χ1v) is 13.4.